The summed E-state index contributed by atoms with van der Waals surface area (Å²) >= 11 is 0. The van der Waals surface area contributed by atoms with Crippen LogP contribution in [-0.2, 0) is 4.79 Å². The molecule has 0 bridgehead atoms. The van der Waals surface area contributed by atoms with Gasteiger partial charge in [-0.2, -0.15) is 0 Å². The van der Waals surface area contributed by atoms with Crippen LogP contribution in [0.1, 0.15) is 34.3 Å². The minimum absolute atomic E-state index is 0.0584. The molecule has 2 amide bonds. The highest BCUT2D eigenvalue weighted by Gasteiger charge is 2.30. The van der Waals surface area contributed by atoms with Gasteiger partial charge in [-0.05, 0) is 56.0 Å². The summed E-state index contributed by atoms with van der Waals surface area (Å²) in [5.41, 5.74) is 2.93. The number of rotatable bonds is 3. The average Bonchev–Trinajstić information content (AvgIpc) is 2.64. The molecule has 3 rings (SSSR count). The van der Waals surface area contributed by atoms with Crippen LogP contribution in [0, 0.1) is 25.6 Å². The molecule has 2 aromatic carbocycles. The molecule has 1 aliphatic heterocycles. The Morgan fingerprint density at radius 3 is 2.69 bits per heavy atom. The van der Waals surface area contributed by atoms with Crippen LogP contribution in [0.15, 0.2) is 42.5 Å². The van der Waals surface area contributed by atoms with E-state index in [2.05, 4.69) is 5.32 Å². The van der Waals surface area contributed by atoms with Crippen molar-refractivity contribution in [3.63, 3.8) is 0 Å². The Morgan fingerprint density at radius 2 is 1.92 bits per heavy atom. The van der Waals surface area contributed by atoms with E-state index in [1.54, 1.807) is 17.0 Å². The molecule has 136 valence electrons. The van der Waals surface area contributed by atoms with E-state index >= 15 is 0 Å². The lowest BCUT2D eigenvalue weighted by atomic mass is 9.96. The second-order valence-electron chi connectivity index (χ2n) is 6.88. The van der Waals surface area contributed by atoms with Gasteiger partial charge in [0, 0.05) is 18.8 Å². The molecule has 4 nitrogen and oxygen atoms in total. The van der Waals surface area contributed by atoms with Gasteiger partial charge in [-0.3, -0.25) is 9.59 Å². The first-order valence-corrected chi connectivity index (χ1v) is 8.87. The quantitative estimate of drug-likeness (QED) is 0.908. The summed E-state index contributed by atoms with van der Waals surface area (Å²) in [4.78, 5) is 26.9. The van der Waals surface area contributed by atoms with Crippen molar-refractivity contribution < 1.29 is 14.0 Å². The lowest BCUT2D eigenvalue weighted by molar-refractivity contribution is -0.121. The minimum atomic E-state index is -0.528. The summed E-state index contributed by atoms with van der Waals surface area (Å²) < 4.78 is 13.9. The predicted octanol–water partition coefficient (Wildman–Crippen LogP) is 3.93. The standard InChI is InChI=1S/C21H23FN2O2/c1-14-9-10-15(2)19(12-14)23-20(25)16-6-5-11-24(13-16)21(26)17-7-3-4-8-18(17)22/h3-4,7-10,12,16H,5-6,11,13H2,1-2H3,(H,23,25). The van der Waals surface area contributed by atoms with Gasteiger partial charge in [0.2, 0.25) is 5.91 Å². The normalized spacial score (nSPS) is 17.0. The van der Waals surface area contributed by atoms with Crippen molar-refractivity contribution in [2.45, 2.75) is 26.7 Å². The monoisotopic (exact) mass is 354 g/mol. The number of piperidine rings is 1. The van der Waals surface area contributed by atoms with E-state index in [4.69, 9.17) is 0 Å². The summed E-state index contributed by atoms with van der Waals surface area (Å²) in [7, 11) is 0. The first-order chi connectivity index (χ1) is 12.5. The summed E-state index contributed by atoms with van der Waals surface area (Å²) in [5, 5.41) is 2.98. The SMILES string of the molecule is Cc1ccc(C)c(NC(=O)C2CCCN(C(=O)c3ccccc3F)C2)c1. The van der Waals surface area contributed by atoms with Crippen LogP contribution in [0.2, 0.25) is 0 Å². The number of nitrogens with zero attached hydrogens (tertiary/aromatic N) is 1. The number of halogens is 1. The molecule has 0 radical (unpaired) electrons. The predicted molar refractivity (Wildman–Crippen MR) is 99.6 cm³/mol. The number of amides is 2. The van der Waals surface area contributed by atoms with Gasteiger partial charge in [-0.1, -0.05) is 24.3 Å². The number of aryl methyl sites for hydroxylation is 2. The van der Waals surface area contributed by atoms with E-state index in [0.29, 0.717) is 13.1 Å². The molecule has 1 N–H and O–H groups in total. The van der Waals surface area contributed by atoms with Gasteiger partial charge in [-0.15, -0.1) is 0 Å². The number of nitrogens with one attached hydrogen (secondary N) is 1. The maximum atomic E-state index is 13.9. The molecule has 26 heavy (non-hydrogen) atoms. The van der Waals surface area contributed by atoms with Crippen molar-refractivity contribution in [3.8, 4) is 0 Å². The molecule has 0 saturated carbocycles. The maximum absolute atomic E-state index is 13.9. The third kappa shape index (κ3) is 3.93. The fraction of sp³-hybridized carbons (Fsp3) is 0.333. The highest BCUT2D eigenvalue weighted by molar-refractivity contribution is 5.96. The topological polar surface area (TPSA) is 49.4 Å². The molecule has 0 aromatic heterocycles. The minimum Gasteiger partial charge on any atom is -0.338 e. The lowest BCUT2D eigenvalue weighted by Crippen LogP contribution is -2.44. The molecule has 1 fully saturated rings. The number of anilines is 1. The number of carbonyl (C=O) groups excluding carboxylic acids is 2. The Morgan fingerprint density at radius 1 is 1.15 bits per heavy atom. The van der Waals surface area contributed by atoms with Crippen molar-refractivity contribution >= 4 is 17.5 Å². The largest absolute Gasteiger partial charge is 0.338 e. The van der Waals surface area contributed by atoms with Gasteiger partial charge in [0.1, 0.15) is 5.82 Å². The van der Waals surface area contributed by atoms with E-state index in [0.717, 1.165) is 29.7 Å². The summed E-state index contributed by atoms with van der Waals surface area (Å²) in [6, 6.07) is 11.9. The molecule has 2 aromatic rings. The molecule has 5 heteroatoms. The molecule has 1 atom stereocenters. The van der Waals surface area contributed by atoms with Gasteiger partial charge < -0.3 is 10.2 Å². The van der Waals surface area contributed by atoms with Crippen molar-refractivity contribution in [3.05, 3.63) is 65.0 Å². The number of hydrogen-bond donors (Lipinski definition) is 1. The zero-order chi connectivity index (χ0) is 18.7. The van der Waals surface area contributed by atoms with Crippen LogP contribution >= 0.6 is 0 Å². The first kappa shape index (κ1) is 18.1. The molecule has 0 aliphatic carbocycles. The van der Waals surface area contributed by atoms with E-state index in [1.165, 1.54) is 12.1 Å². The maximum Gasteiger partial charge on any atom is 0.256 e. The Labute approximate surface area is 153 Å². The Kier molecular flexibility index (Phi) is 5.35. The lowest BCUT2D eigenvalue weighted by Gasteiger charge is -2.32. The fourth-order valence-corrected chi connectivity index (χ4v) is 3.29. The van der Waals surface area contributed by atoms with E-state index in [-0.39, 0.29) is 23.3 Å². The van der Waals surface area contributed by atoms with Crippen molar-refractivity contribution in [1.82, 2.24) is 4.90 Å². The second-order valence-corrected chi connectivity index (χ2v) is 6.88. The smallest absolute Gasteiger partial charge is 0.256 e. The molecule has 1 unspecified atom stereocenters. The van der Waals surface area contributed by atoms with Gasteiger partial charge in [0.05, 0.1) is 11.5 Å². The number of likely N-dealkylation sites (tertiary alicyclic amines) is 1. The van der Waals surface area contributed by atoms with Gasteiger partial charge in [0.25, 0.3) is 5.91 Å². The highest BCUT2D eigenvalue weighted by Crippen LogP contribution is 2.23. The fourth-order valence-electron chi connectivity index (χ4n) is 3.29. The molecule has 1 saturated heterocycles. The van der Waals surface area contributed by atoms with Crippen LogP contribution in [0.4, 0.5) is 10.1 Å². The number of carbonyl (C=O) groups is 2. The number of benzene rings is 2. The Hall–Kier alpha value is -2.69. The van der Waals surface area contributed by atoms with Gasteiger partial charge >= 0.3 is 0 Å². The second kappa shape index (κ2) is 7.68. The van der Waals surface area contributed by atoms with Gasteiger partial charge in [-0.25, -0.2) is 4.39 Å². The van der Waals surface area contributed by atoms with Crippen LogP contribution in [0.25, 0.3) is 0 Å². The summed E-state index contributed by atoms with van der Waals surface area (Å²) in [6.45, 7) is 4.78. The van der Waals surface area contributed by atoms with Crippen LogP contribution in [0.5, 0.6) is 0 Å². The molecular formula is C21H23FN2O2. The van der Waals surface area contributed by atoms with Crippen LogP contribution < -0.4 is 5.32 Å². The van der Waals surface area contributed by atoms with E-state index in [1.807, 2.05) is 32.0 Å². The van der Waals surface area contributed by atoms with Gasteiger partial charge in [0.15, 0.2) is 0 Å². The third-order valence-electron chi connectivity index (χ3n) is 4.83. The van der Waals surface area contributed by atoms with E-state index < -0.39 is 5.82 Å². The summed E-state index contributed by atoms with van der Waals surface area (Å²) in [5.74, 6) is -1.27. The summed E-state index contributed by atoms with van der Waals surface area (Å²) in [6.07, 6.45) is 1.45. The Bertz CT molecular complexity index is 835. The first-order valence-electron chi connectivity index (χ1n) is 8.87. The van der Waals surface area contributed by atoms with Crippen molar-refractivity contribution in [1.29, 1.82) is 0 Å². The molecular weight excluding hydrogens is 331 g/mol. The van der Waals surface area contributed by atoms with Crippen LogP contribution in [0.3, 0.4) is 0 Å². The molecule has 0 spiro atoms. The molecule has 1 aliphatic rings. The van der Waals surface area contributed by atoms with Crippen molar-refractivity contribution in [2.75, 3.05) is 18.4 Å². The zero-order valence-corrected chi connectivity index (χ0v) is 15.1. The van der Waals surface area contributed by atoms with Crippen LogP contribution in [-0.4, -0.2) is 29.8 Å². The zero-order valence-electron chi connectivity index (χ0n) is 15.1. The van der Waals surface area contributed by atoms with Crippen molar-refractivity contribution in [2.24, 2.45) is 5.92 Å². The third-order valence-corrected chi connectivity index (χ3v) is 4.83. The van der Waals surface area contributed by atoms with E-state index in [9.17, 15) is 14.0 Å². The highest BCUT2D eigenvalue weighted by atomic mass is 19.1. The average molecular weight is 354 g/mol. The Balaban J connectivity index is 1.70. The number of hydrogen-bond acceptors (Lipinski definition) is 2. The molecule has 1 heterocycles.